The smallest absolute Gasteiger partial charge is 0.159 e. The summed E-state index contributed by atoms with van der Waals surface area (Å²) in [5.41, 5.74) is 4.31. The zero-order valence-corrected chi connectivity index (χ0v) is 18.8. The van der Waals surface area contributed by atoms with Gasteiger partial charge in [-0.05, 0) is 69.9 Å². The molecule has 3 aromatic heterocycles. The van der Waals surface area contributed by atoms with Gasteiger partial charge in [0.2, 0.25) is 0 Å². The van der Waals surface area contributed by atoms with Crippen LogP contribution in [0.2, 0.25) is 0 Å². The summed E-state index contributed by atoms with van der Waals surface area (Å²) >= 11 is 0. The standard InChI is InChI=1S/C24H26FN7O/c1-14-10-15(2)32(29-14)22-11-21(26-13-27-22)28-24-16(3)23(18-6-8-19(25)9-7-18)30-31(24)12-20(33)17-4-5-17/h6-11,13,17,20,33H,4-5,12H2,1-3H3,(H,26,27,28). The zero-order chi connectivity index (χ0) is 23.1. The molecule has 0 radical (unpaired) electrons. The molecular weight excluding hydrogens is 421 g/mol. The molecule has 3 heterocycles. The SMILES string of the molecule is Cc1cc(C)n(-c2cc(Nc3c(C)c(-c4ccc(F)cc4)nn3CC(O)C3CC3)ncn2)n1. The van der Waals surface area contributed by atoms with Crippen LogP contribution < -0.4 is 5.32 Å². The molecule has 8 nitrogen and oxygen atoms in total. The first kappa shape index (κ1) is 21.3. The molecular formula is C24H26FN7O. The van der Waals surface area contributed by atoms with Crippen molar-refractivity contribution in [3.63, 3.8) is 0 Å². The molecule has 5 rings (SSSR count). The largest absolute Gasteiger partial charge is 0.391 e. The van der Waals surface area contributed by atoms with E-state index in [1.54, 1.807) is 21.5 Å². The first-order valence-corrected chi connectivity index (χ1v) is 11.0. The highest BCUT2D eigenvalue weighted by atomic mass is 19.1. The molecule has 33 heavy (non-hydrogen) atoms. The Labute approximate surface area is 191 Å². The Morgan fingerprint density at radius 2 is 1.85 bits per heavy atom. The maximum absolute atomic E-state index is 13.5. The lowest BCUT2D eigenvalue weighted by Crippen LogP contribution is -2.20. The van der Waals surface area contributed by atoms with Crippen LogP contribution in [0.1, 0.15) is 29.8 Å². The Hall–Kier alpha value is -3.59. The van der Waals surface area contributed by atoms with Crippen molar-refractivity contribution in [1.29, 1.82) is 0 Å². The van der Waals surface area contributed by atoms with E-state index in [0.717, 1.165) is 46.9 Å². The van der Waals surface area contributed by atoms with E-state index < -0.39 is 6.10 Å². The van der Waals surface area contributed by atoms with Crippen molar-refractivity contribution in [2.75, 3.05) is 5.32 Å². The highest BCUT2D eigenvalue weighted by molar-refractivity contribution is 5.71. The Morgan fingerprint density at radius 1 is 1.09 bits per heavy atom. The maximum atomic E-state index is 13.5. The van der Waals surface area contributed by atoms with Crippen molar-refractivity contribution in [3.05, 3.63) is 65.5 Å². The Balaban J connectivity index is 1.51. The van der Waals surface area contributed by atoms with Crippen LogP contribution in [-0.4, -0.2) is 40.7 Å². The van der Waals surface area contributed by atoms with Crippen molar-refractivity contribution in [2.24, 2.45) is 5.92 Å². The molecule has 170 valence electrons. The fraction of sp³-hybridized carbons (Fsp3) is 0.333. The molecule has 1 atom stereocenters. The van der Waals surface area contributed by atoms with Crippen LogP contribution in [0.5, 0.6) is 0 Å². The number of benzene rings is 1. The van der Waals surface area contributed by atoms with Crippen LogP contribution in [0.25, 0.3) is 17.1 Å². The van der Waals surface area contributed by atoms with Gasteiger partial charge in [-0.15, -0.1) is 0 Å². The van der Waals surface area contributed by atoms with Crippen LogP contribution in [-0.2, 0) is 6.54 Å². The van der Waals surface area contributed by atoms with Gasteiger partial charge in [-0.1, -0.05) is 0 Å². The number of aromatic nitrogens is 6. The van der Waals surface area contributed by atoms with Gasteiger partial charge in [0.15, 0.2) is 5.82 Å². The molecule has 1 aliphatic rings. The van der Waals surface area contributed by atoms with E-state index in [9.17, 15) is 9.50 Å². The molecule has 1 unspecified atom stereocenters. The average molecular weight is 448 g/mol. The van der Waals surface area contributed by atoms with Gasteiger partial charge in [-0.25, -0.2) is 23.7 Å². The summed E-state index contributed by atoms with van der Waals surface area (Å²) < 4.78 is 17.0. The van der Waals surface area contributed by atoms with Crippen LogP contribution in [0.4, 0.5) is 16.0 Å². The average Bonchev–Trinajstić information content (AvgIpc) is 3.54. The summed E-state index contributed by atoms with van der Waals surface area (Å²) in [5, 5.41) is 23.2. The third-order valence-corrected chi connectivity index (χ3v) is 5.96. The van der Waals surface area contributed by atoms with E-state index in [0.29, 0.717) is 24.1 Å². The number of nitrogens with one attached hydrogen (secondary N) is 1. The van der Waals surface area contributed by atoms with Gasteiger partial charge in [0.25, 0.3) is 0 Å². The van der Waals surface area contributed by atoms with Crippen LogP contribution in [0.15, 0.2) is 42.7 Å². The summed E-state index contributed by atoms with van der Waals surface area (Å²) in [6, 6.07) is 10.1. The zero-order valence-electron chi connectivity index (χ0n) is 18.8. The summed E-state index contributed by atoms with van der Waals surface area (Å²) in [6.07, 6.45) is 3.09. The number of aliphatic hydroxyl groups is 1. The predicted molar refractivity (Wildman–Crippen MR) is 123 cm³/mol. The summed E-state index contributed by atoms with van der Waals surface area (Å²) in [7, 11) is 0. The first-order chi connectivity index (χ1) is 15.9. The Kier molecular flexibility index (Phi) is 5.41. The summed E-state index contributed by atoms with van der Waals surface area (Å²) in [5.74, 6) is 1.98. The molecule has 0 saturated heterocycles. The number of rotatable bonds is 7. The second-order valence-electron chi connectivity index (χ2n) is 8.64. The van der Waals surface area contributed by atoms with Crippen LogP contribution >= 0.6 is 0 Å². The van der Waals surface area contributed by atoms with Crippen molar-refractivity contribution >= 4 is 11.6 Å². The highest BCUT2D eigenvalue weighted by Crippen LogP contribution is 2.35. The second kappa shape index (κ2) is 8.40. The van der Waals surface area contributed by atoms with Crippen molar-refractivity contribution in [2.45, 2.75) is 46.3 Å². The van der Waals surface area contributed by atoms with E-state index in [4.69, 9.17) is 5.10 Å². The normalized spacial score (nSPS) is 14.5. The lowest BCUT2D eigenvalue weighted by molar-refractivity contribution is 0.128. The van der Waals surface area contributed by atoms with E-state index in [1.807, 2.05) is 32.9 Å². The van der Waals surface area contributed by atoms with E-state index >= 15 is 0 Å². The lowest BCUT2D eigenvalue weighted by atomic mass is 10.1. The minimum absolute atomic E-state index is 0.295. The summed E-state index contributed by atoms with van der Waals surface area (Å²) in [4.78, 5) is 8.75. The Morgan fingerprint density at radius 3 is 2.52 bits per heavy atom. The number of aryl methyl sites for hydroxylation is 2. The first-order valence-electron chi connectivity index (χ1n) is 11.0. The minimum atomic E-state index is -0.471. The van der Waals surface area contributed by atoms with Gasteiger partial charge in [-0.3, -0.25) is 0 Å². The molecule has 1 fully saturated rings. The highest BCUT2D eigenvalue weighted by Gasteiger charge is 2.31. The number of hydrogen-bond acceptors (Lipinski definition) is 6. The van der Waals surface area contributed by atoms with Crippen LogP contribution in [0.3, 0.4) is 0 Å². The third-order valence-electron chi connectivity index (χ3n) is 5.96. The van der Waals surface area contributed by atoms with Crippen molar-refractivity contribution < 1.29 is 9.50 Å². The number of aliphatic hydroxyl groups excluding tert-OH is 1. The number of anilines is 2. The molecule has 2 N–H and O–H groups in total. The van der Waals surface area contributed by atoms with Gasteiger partial charge in [0, 0.05) is 22.9 Å². The molecule has 0 bridgehead atoms. The monoisotopic (exact) mass is 447 g/mol. The fourth-order valence-corrected chi connectivity index (χ4v) is 4.04. The fourth-order valence-electron chi connectivity index (χ4n) is 4.04. The maximum Gasteiger partial charge on any atom is 0.159 e. The quantitative estimate of drug-likeness (QED) is 0.443. The molecule has 4 aromatic rings. The van der Waals surface area contributed by atoms with Gasteiger partial charge < -0.3 is 10.4 Å². The van der Waals surface area contributed by atoms with E-state index in [-0.39, 0.29) is 5.82 Å². The molecule has 1 aromatic carbocycles. The topological polar surface area (TPSA) is 93.7 Å². The molecule has 1 saturated carbocycles. The number of halogens is 1. The lowest BCUT2D eigenvalue weighted by Gasteiger charge is -2.14. The van der Waals surface area contributed by atoms with E-state index in [1.165, 1.54) is 18.5 Å². The summed E-state index contributed by atoms with van der Waals surface area (Å²) in [6.45, 7) is 6.23. The molecule has 1 aliphatic carbocycles. The van der Waals surface area contributed by atoms with Gasteiger partial charge in [0.05, 0.1) is 24.0 Å². The van der Waals surface area contributed by atoms with Gasteiger partial charge >= 0.3 is 0 Å². The predicted octanol–water partition coefficient (Wildman–Crippen LogP) is 4.10. The Bertz CT molecular complexity index is 1290. The molecule has 0 spiro atoms. The van der Waals surface area contributed by atoms with Crippen LogP contribution in [0, 0.1) is 32.5 Å². The second-order valence-corrected chi connectivity index (χ2v) is 8.64. The van der Waals surface area contributed by atoms with Crippen molar-refractivity contribution in [3.8, 4) is 17.1 Å². The third kappa shape index (κ3) is 4.36. The number of nitrogens with zero attached hydrogens (tertiary/aromatic N) is 6. The van der Waals surface area contributed by atoms with E-state index in [2.05, 4.69) is 20.4 Å². The minimum Gasteiger partial charge on any atom is -0.391 e. The number of hydrogen-bond donors (Lipinski definition) is 2. The van der Waals surface area contributed by atoms with Gasteiger partial charge in [0.1, 0.15) is 23.8 Å². The van der Waals surface area contributed by atoms with Crippen molar-refractivity contribution in [1.82, 2.24) is 29.5 Å². The molecule has 0 aliphatic heterocycles. The molecule has 9 heteroatoms. The molecule has 0 amide bonds. The van der Waals surface area contributed by atoms with Gasteiger partial charge in [-0.2, -0.15) is 10.2 Å².